The Kier molecular flexibility index (Phi) is 4.12. The fraction of sp³-hybridized carbons (Fsp3) is 0.400. The standard InChI is InChI=1S/C10H13ClO/c1-2-10(12-8-11)9-6-4-3-5-7-9/h3-7,10H,2,8H2,1H3. The second-order valence-electron chi connectivity index (χ2n) is 2.58. The van der Waals surface area contributed by atoms with Crippen LogP contribution in [0.15, 0.2) is 30.3 Å². The van der Waals surface area contributed by atoms with Crippen molar-refractivity contribution in [2.45, 2.75) is 19.4 Å². The Hall–Kier alpha value is -0.530. The van der Waals surface area contributed by atoms with Crippen molar-refractivity contribution in [1.29, 1.82) is 0 Å². The minimum Gasteiger partial charge on any atom is -0.358 e. The summed E-state index contributed by atoms with van der Waals surface area (Å²) in [7, 11) is 0. The monoisotopic (exact) mass is 184 g/mol. The van der Waals surface area contributed by atoms with E-state index >= 15 is 0 Å². The molecule has 1 rings (SSSR count). The van der Waals surface area contributed by atoms with E-state index in [1.54, 1.807) is 0 Å². The van der Waals surface area contributed by atoms with Crippen LogP contribution in [-0.4, -0.2) is 6.07 Å². The Bertz CT molecular complexity index is 210. The van der Waals surface area contributed by atoms with E-state index in [1.165, 1.54) is 5.56 Å². The maximum Gasteiger partial charge on any atom is 0.121 e. The van der Waals surface area contributed by atoms with E-state index in [0.29, 0.717) is 0 Å². The molecule has 1 aromatic carbocycles. The third-order valence-electron chi connectivity index (χ3n) is 1.81. The van der Waals surface area contributed by atoms with Gasteiger partial charge in [0.1, 0.15) is 6.07 Å². The second-order valence-corrected chi connectivity index (χ2v) is 2.80. The lowest BCUT2D eigenvalue weighted by molar-refractivity contribution is 0.0844. The predicted molar refractivity (Wildman–Crippen MR) is 51.3 cm³/mol. The topological polar surface area (TPSA) is 9.23 Å². The molecule has 1 aromatic rings. The highest BCUT2D eigenvalue weighted by Gasteiger charge is 2.07. The van der Waals surface area contributed by atoms with Crippen molar-refractivity contribution < 1.29 is 4.74 Å². The van der Waals surface area contributed by atoms with Crippen LogP contribution in [0.5, 0.6) is 0 Å². The average Bonchev–Trinajstić information content (AvgIpc) is 2.15. The highest BCUT2D eigenvalue weighted by Crippen LogP contribution is 2.20. The van der Waals surface area contributed by atoms with E-state index in [0.717, 1.165) is 6.42 Å². The van der Waals surface area contributed by atoms with Crippen LogP contribution in [0.2, 0.25) is 0 Å². The van der Waals surface area contributed by atoms with E-state index < -0.39 is 0 Å². The largest absolute Gasteiger partial charge is 0.358 e. The summed E-state index contributed by atoms with van der Waals surface area (Å²) >= 11 is 5.50. The molecule has 0 saturated carbocycles. The molecule has 0 radical (unpaired) electrons. The summed E-state index contributed by atoms with van der Waals surface area (Å²) in [5.41, 5.74) is 1.20. The molecule has 0 aliphatic heterocycles. The minimum atomic E-state index is 0.142. The number of hydrogen-bond donors (Lipinski definition) is 0. The molecule has 0 bridgehead atoms. The molecule has 12 heavy (non-hydrogen) atoms. The van der Waals surface area contributed by atoms with Crippen molar-refractivity contribution in [3.8, 4) is 0 Å². The first-order valence-corrected chi connectivity index (χ1v) is 4.64. The molecular weight excluding hydrogens is 172 g/mol. The highest BCUT2D eigenvalue weighted by molar-refractivity contribution is 6.17. The van der Waals surface area contributed by atoms with Gasteiger partial charge in [-0.15, -0.1) is 0 Å². The number of benzene rings is 1. The van der Waals surface area contributed by atoms with Gasteiger partial charge in [0.15, 0.2) is 0 Å². The van der Waals surface area contributed by atoms with Gasteiger partial charge in [-0.2, -0.15) is 0 Å². The first kappa shape index (κ1) is 9.56. The molecule has 0 fully saturated rings. The maximum atomic E-state index is 5.50. The number of rotatable bonds is 4. The molecule has 66 valence electrons. The van der Waals surface area contributed by atoms with E-state index in [9.17, 15) is 0 Å². The molecule has 0 N–H and O–H groups in total. The fourth-order valence-electron chi connectivity index (χ4n) is 1.19. The van der Waals surface area contributed by atoms with Gasteiger partial charge in [0.05, 0.1) is 6.10 Å². The van der Waals surface area contributed by atoms with Crippen LogP contribution in [0.4, 0.5) is 0 Å². The Morgan fingerprint density at radius 2 is 2.00 bits per heavy atom. The first-order valence-electron chi connectivity index (χ1n) is 4.11. The van der Waals surface area contributed by atoms with E-state index in [4.69, 9.17) is 16.3 Å². The summed E-state index contributed by atoms with van der Waals surface area (Å²) in [6.07, 6.45) is 1.10. The van der Waals surface area contributed by atoms with E-state index in [1.807, 2.05) is 18.2 Å². The van der Waals surface area contributed by atoms with Crippen molar-refractivity contribution in [1.82, 2.24) is 0 Å². The molecule has 1 atom stereocenters. The van der Waals surface area contributed by atoms with Gasteiger partial charge >= 0.3 is 0 Å². The van der Waals surface area contributed by atoms with Crippen molar-refractivity contribution in [3.05, 3.63) is 35.9 Å². The molecule has 2 heteroatoms. The zero-order valence-corrected chi connectivity index (χ0v) is 7.92. The van der Waals surface area contributed by atoms with Crippen molar-refractivity contribution in [2.75, 3.05) is 6.07 Å². The van der Waals surface area contributed by atoms with Crippen molar-refractivity contribution in [3.63, 3.8) is 0 Å². The first-order chi connectivity index (χ1) is 5.88. The van der Waals surface area contributed by atoms with Gasteiger partial charge in [0, 0.05) is 0 Å². The molecule has 0 spiro atoms. The number of halogens is 1. The predicted octanol–water partition coefficient (Wildman–Crippen LogP) is 3.35. The zero-order chi connectivity index (χ0) is 8.81. The van der Waals surface area contributed by atoms with Crippen LogP contribution in [0.3, 0.4) is 0 Å². The van der Waals surface area contributed by atoms with Gasteiger partial charge in [-0.3, -0.25) is 0 Å². The molecule has 0 aliphatic rings. The van der Waals surface area contributed by atoms with Gasteiger partial charge in [0.2, 0.25) is 0 Å². The summed E-state index contributed by atoms with van der Waals surface area (Å²) in [6, 6.07) is 10.4. The van der Waals surface area contributed by atoms with E-state index in [2.05, 4.69) is 19.1 Å². The minimum absolute atomic E-state index is 0.142. The summed E-state index contributed by atoms with van der Waals surface area (Å²) in [4.78, 5) is 0. The van der Waals surface area contributed by atoms with Crippen molar-refractivity contribution >= 4 is 11.6 Å². The van der Waals surface area contributed by atoms with Crippen LogP contribution in [0.1, 0.15) is 25.0 Å². The Balaban J connectivity index is 2.66. The Morgan fingerprint density at radius 3 is 2.50 bits per heavy atom. The molecule has 0 aromatic heterocycles. The molecular formula is C10H13ClO. The van der Waals surface area contributed by atoms with Gasteiger partial charge in [-0.05, 0) is 12.0 Å². The lowest BCUT2D eigenvalue weighted by atomic mass is 10.1. The molecule has 0 amide bonds. The highest BCUT2D eigenvalue weighted by atomic mass is 35.5. The van der Waals surface area contributed by atoms with Crippen LogP contribution in [0.25, 0.3) is 0 Å². The fourth-order valence-corrected chi connectivity index (χ4v) is 1.35. The number of alkyl halides is 1. The maximum absolute atomic E-state index is 5.50. The summed E-state index contributed by atoms with van der Waals surface area (Å²) < 4.78 is 5.34. The quantitative estimate of drug-likeness (QED) is 0.653. The lowest BCUT2D eigenvalue weighted by Crippen LogP contribution is -2.01. The third kappa shape index (κ3) is 2.50. The molecule has 0 aliphatic carbocycles. The van der Waals surface area contributed by atoms with Gasteiger partial charge < -0.3 is 4.74 Å². The average molecular weight is 185 g/mol. The SMILES string of the molecule is CCC(OCCl)c1ccccc1. The molecule has 0 saturated heterocycles. The summed E-state index contributed by atoms with van der Waals surface area (Å²) in [5.74, 6) is 0. The molecule has 0 heterocycles. The van der Waals surface area contributed by atoms with Crippen LogP contribution in [0, 0.1) is 0 Å². The number of hydrogen-bond acceptors (Lipinski definition) is 1. The summed E-state index contributed by atoms with van der Waals surface area (Å²) in [6.45, 7) is 2.09. The van der Waals surface area contributed by atoms with Crippen LogP contribution in [-0.2, 0) is 4.74 Å². The zero-order valence-electron chi connectivity index (χ0n) is 7.16. The number of ether oxygens (including phenoxy) is 1. The van der Waals surface area contributed by atoms with Gasteiger partial charge in [-0.1, -0.05) is 48.9 Å². The van der Waals surface area contributed by atoms with Crippen LogP contribution >= 0.6 is 11.6 Å². The van der Waals surface area contributed by atoms with Crippen molar-refractivity contribution in [2.24, 2.45) is 0 Å². The Morgan fingerprint density at radius 1 is 1.33 bits per heavy atom. The van der Waals surface area contributed by atoms with E-state index in [-0.39, 0.29) is 12.2 Å². The van der Waals surface area contributed by atoms with Crippen LogP contribution < -0.4 is 0 Å². The molecule has 1 nitrogen and oxygen atoms in total. The lowest BCUT2D eigenvalue weighted by Gasteiger charge is -2.13. The Labute approximate surface area is 78.3 Å². The normalized spacial score (nSPS) is 12.8. The van der Waals surface area contributed by atoms with Gasteiger partial charge in [-0.25, -0.2) is 0 Å². The smallest absolute Gasteiger partial charge is 0.121 e. The van der Waals surface area contributed by atoms with Gasteiger partial charge in [0.25, 0.3) is 0 Å². The third-order valence-corrected chi connectivity index (χ3v) is 1.93. The molecule has 1 unspecified atom stereocenters. The summed E-state index contributed by atoms with van der Waals surface area (Å²) in [5, 5.41) is 0. The second kappa shape index (κ2) is 5.18.